The molecule has 94 valence electrons. The molecule has 0 saturated heterocycles. The van der Waals surface area contributed by atoms with Crippen molar-refractivity contribution in [2.24, 2.45) is 0 Å². The SMILES string of the molecule is CC(C)(C)c1cc(NCc2ccccc2)ncn1. The minimum Gasteiger partial charge on any atom is -0.366 e. The van der Waals surface area contributed by atoms with Gasteiger partial charge >= 0.3 is 0 Å². The van der Waals surface area contributed by atoms with Crippen LogP contribution in [0.5, 0.6) is 0 Å². The summed E-state index contributed by atoms with van der Waals surface area (Å²) in [5.41, 5.74) is 2.34. The average molecular weight is 241 g/mol. The molecule has 0 aliphatic carbocycles. The second-order valence-electron chi connectivity index (χ2n) is 5.38. The summed E-state index contributed by atoms with van der Waals surface area (Å²) in [6.45, 7) is 7.23. The van der Waals surface area contributed by atoms with Gasteiger partial charge in [0.05, 0.1) is 5.69 Å². The van der Waals surface area contributed by atoms with Crippen LogP contribution >= 0.6 is 0 Å². The molecule has 0 fully saturated rings. The molecule has 0 atom stereocenters. The fourth-order valence-electron chi connectivity index (χ4n) is 1.65. The second-order valence-corrected chi connectivity index (χ2v) is 5.38. The maximum absolute atomic E-state index is 4.31. The van der Waals surface area contributed by atoms with Crippen LogP contribution in [0.25, 0.3) is 0 Å². The number of nitrogens with zero attached hydrogens (tertiary/aromatic N) is 2. The summed E-state index contributed by atoms with van der Waals surface area (Å²) in [4.78, 5) is 8.56. The Morgan fingerprint density at radius 3 is 2.44 bits per heavy atom. The predicted molar refractivity (Wildman–Crippen MR) is 74.5 cm³/mol. The molecule has 1 aromatic carbocycles. The molecule has 0 spiro atoms. The van der Waals surface area contributed by atoms with E-state index in [1.807, 2.05) is 24.3 Å². The smallest absolute Gasteiger partial charge is 0.129 e. The summed E-state index contributed by atoms with van der Waals surface area (Å²) in [5, 5.41) is 3.32. The lowest BCUT2D eigenvalue weighted by Gasteiger charge is -2.18. The third-order valence-corrected chi connectivity index (χ3v) is 2.75. The first kappa shape index (κ1) is 12.6. The number of rotatable bonds is 3. The van der Waals surface area contributed by atoms with Gasteiger partial charge in [-0.3, -0.25) is 0 Å². The monoisotopic (exact) mass is 241 g/mol. The van der Waals surface area contributed by atoms with E-state index in [4.69, 9.17) is 0 Å². The Morgan fingerprint density at radius 2 is 1.78 bits per heavy atom. The van der Waals surface area contributed by atoms with Crippen molar-refractivity contribution in [1.82, 2.24) is 9.97 Å². The molecule has 1 heterocycles. The van der Waals surface area contributed by atoms with Crippen LogP contribution in [0.4, 0.5) is 5.82 Å². The maximum atomic E-state index is 4.31. The van der Waals surface area contributed by atoms with Crippen LogP contribution in [0.1, 0.15) is 32.0 Å². The summed E-state index contributed by atoms with van der Waals surface area (Å²) in [5.74, 6) is 0.874. The summed E-state index contributed by atoms with van der Waals surface area (Å²) >= 11 is 0. The molecule has 0 bridgehead atoms. The van der Waals surface area contributed by atoms with Crippen molar-refractivity contribution < 1.29 is 0 Å². The van der Waals surface area contributed by atoms with Crippen LogP contribution in [0.2, 0.25) is 0 Å². The number of benzene rings is 1. The molecule has 18 heavy (non-hydrogen) atoms. The van der Waals surface area contributed by atoms with Gasteiger partial charge in [-0.1, -0.05) is 51.1 Å². The van der Waals surface area contributed by atoms with Crippen LogP contribution in [-0.2, 0) is 12.0 Å². The Morgan fingerprint density at radius 1 is 1.06 bits per heavy atom. The minimum absolute atomic E-state index is 0.0477. The summed E-state index contributed by atoms with van der Waals surface area (Å²) in [7, 11) is 0. The number of aromatic nitrogens is 2. The molecule has 0 unspecified atom stereocenters. The normalized spacial score (nSPS) is 11.3. The van der Waals surface area contributed by atoms with E-state index in [-0.39, 0.29) is 5.41 Å². The Kier molecular flexibility index (Phi) is 3.60. The largest absolute Gasteiger partial charge is 0.366 e. The highest BCUT2D eigenvalue weighted by Gasteiger charge is 2.15. The van der Waals surface area contributed by atoms with Crippen molar-refractivity contribution in [1.29, 1.82) is 0 Å². The van der Waals surface area contributed by atoms with Gasteiger partial charge in [-0.2, -0.15) is 0 Å². The zero-order valence-corrected chi connectivity index (χ0v) is 11.1. The van der Waals surface area contributed by atoms with E-state index in [0.29, 0.717) is 0 Å². The summed E-state index contributed by atoms with van der Waals surface area (Å²) in [6, 6.07) is 12.3. The fourth-order valence-corrected chi connectivity index (χ4v) is 1.65. The molecule has 0 radical (unpaired) electrons. The van der Waals surface area contributed by atoms with Crippen LogP contribution < -0.4 is 5.32 Å². The molecule has 1 N–H and O–H groups in total. The first-order valence-electron chi connectivity index (χ1n) is 6.16. The Balaban J connectivity index is 2.06. The maximum Gasteiger partial charge on any atom is 0.129 e. The first-order chi connectivity index (χ1) is 8.55. The van der Waals surface area contributed by atoms with Crippen molar-refractivity contribution in [3.63, 3.8) is 0 Å². The highest BCUT2D eigenvalue weighted by Crippen LogP contribution is 2.21. The van der Waals surface area contributed by atoms with Gasteiger partial charge in [0.1, 0.15) is 12.1 Å². The third-order valence-electron chi connectivity index (χ3n) is 2.75. The molecular formula is C15H19N3. The predicted octanol–water partition coefficient (Wildman–Crippen LogP) is 3.39. The standard InChI is InChI=1S/C15H19N3/c1-15(2,3)13-9-14(18-11-17-13)16-10-12-7-5-4-6-8-12/h4-9,11H,10H2,1-3H3,(H,16,17,18). The molecule has 0 aliphatic heterocycles. The van der Waals surface area contributed by atoms with E-state index in [9.17, 15) is 0 Å². The Bertz CT molecular complexity index is 501. The molecule has 0 saturated carbocycles. The number of anilines is 1. The molecule has 3 nitrogen and oxygen atoms in total. The van der Waals surface area contributed by atoms with Gasteiger partial charge in [0.15, 0.2) is 0 Å². The second kappa shape index (κ2) is 5.17. The highest BCUT2D eigenvalue weighted by atomic mass is 15.0. The molecule has 3 heteroatoms. The van der Waals surface area contributed by atoms with Crippen LogP contribution in [0.15, 0.2) is 42.7 Å². The van der Waals surface area contributed by atoms with E-state index >= 15 is 0 Å². The summed E-state index contributed by atoms with van der Waals surface area (Å²) < 4.78 is 0. The molecule has 1 aromatic heterocycles. The van der Waals surface area contributed by atoms with Crippen molar-refractivity contribution in [3.8, 4) is 0 Å². The molecule has 2 aromatic rings. The van der Waals surface area contributed by atoms with Crippen molar-refractivity contribution in [2.75, 3.05) is 5.32 Å². The topological polar surface area (TPSA) is 37.8 Å². The van der Waals surface area contributed by atoms with Gasteiger partial charge in [-0.25, -0.2) is 9.97 Å². The Labute approximate surface area is 108 Å². The highest BCUT2D eigenvalue weighted by molar-refractivity contribution is 5.37. The third kappa shape index (κ3) is 3.29. The van der Waals surface area contributed by atoms with E-state index in [0.717, 1.165) is 18.1 Å². The lowest BCUT2D eigenvalue weighted by Crippen LogP contribution is -2.14. The van der Waals surface area contributed by atoms with Crippen molar-refractivity contribution in [2.45, 2.75) is 32.7 Å². The van der Waals surface area contributed by atoms with Gasteiger partial charge in [-0.05, 0) is 5.56 Å². The van der Waals surface area contributed by atoms with E-state index in [1.165, 1.54) is 5.56 Å². The Hall–Kier alpha value is -1.90. The van der Waals surface area contributed by atoms with Gasteiger partial charge in [0, 0.05) is 18.0 Å². The molecule has 2 rings (SSSR count). The first-order valence-corrected chi connectivity index (χ1v) is 6.16. The van der Waals surface area contributed by atoms with E-state index in [1.54, 1.807) is 6.33 Å². The molecular weight excluding hydrogens is 222 g/mol. The van der Waals surface area contributed by atoms with Gasteiger partial charge in [0.25, 0.3) is 0 Å². The average Bonchev–Trinajstić information content (AvgIpc) is 2.37. The van der Waals surface area contributed by atoms with Gasteiger partial charge < -0.3 is 5.32 Å². The minimum atomic E-state index is 0.0477. The van der Waals surface area contributed by atoms with Gasteiger partial charge in [-0.15, -0.1) is 0 Å². The number of hydrogen-bond donors (Lipinski definition) is 1. The van der Waals surface area contributed by atoms with E-state index in [2.05, 4.69) is 48.2 Å². The zero-order valence-electron chi connectivity index (χ0n) is 11.1. The summed E-state index contributed by atoms with van der Waals surface area (Å²) in [6.07, 6.45) is 1.62. The van der Waals surface area contributed by atoms with E-state index < -0.39 is 0 Å². The zero-order chi connectivity index (χ0) is 13.0. The van der Waals surface area contributed by atoms with Crippen LogP contribution in [0, 0.1) is 0 Å². The fraction of sp³-hybridized carbons (Fsp3) is 0.333. The number of hydrogen-bond acceptors (Lipinski definition) is 3. The van der Waals surface area contributed by atoms with Crippen LogP contribution in [0.3, 0.4) is 0 Å². The van der Waals surface area contributed by atoms with Crippen LogP contribution in [-0.4, -0.2) is 9.97 Å². The van der Waals surface area contributed by atoms with Crippen molar-refractivity contribution >= 4 is 5.82 Å². The molecule has 0 aliphatic rings. The van der Waals surface area contributed by atoms with Crippen molar-refractivity contribution in [3.05, 3.63) is 54.0 Å². The lowest BCUT2D eigenvalue weighted by molar-refractivity contribution is 0.567. The van der Waals surface area contributed by atoms with Gasteiger partial charge in [0.2, 0.25) is 0 Å². The quantitative estimate of drug-likeness (QED) is 0.895. The number of nitrogens with one attached hydrogen (secondary N) is 1. The lowest BCUT2D eigenvalue weighted by atomic mass is 9.92. The molecule has 0 amide bonds.